The molecule has 0 aliphatic carbocycles. The number of fused-ring (bicyclic) bond motifs is 2. The van der Waals surface area contributed by atoms with E-state index < -0.39 is 29.6 Å². The number of allylic oxidation sites excluding steroid dienone is 1. The molecule has 2 heterocycles. The Bertz CT molecular complexity index is 1850. The fourth-order valence-corrected chi connectivity index (χ4v) is 6.80. The first-order chi connectivity index (χ1) is 24.1. The Kier molecular flexibility index (Phi) is 12.2. The van der Waals surface area contributed by atoms with Gasteiger partial charge >= 0.3 is 5.97 Å². The summed E-state index contributed by atoms with van der Waals surface area (Å²) in [6, 6.07) is 15.8. The summed E-state index contributed by atoms with van der Waals surface area (Å²) in [5, 5.41) is 29.1. The fraction of sp³-hybridized carbons (Fsp3) is 0.342. The van der Waals surface area contributed by atoms with Gasteiger partial charge in [0.1, 0.15) is 28.6 Å². The third-order valence-electron chi connectivity index (χ3n) is 8.52. The molecule has 0 spiro atoms. The van der Waals surface area contributed by atoms with Gasteiger partial charge in [-0.3, -0.25) is 14.4 Å². The summed E-state index contributed by atoms with van der Waals surface area (Å²) in [4.78, 5) is 56.2. The summed E-state index contributed by atoms with van der Waals surface area (Å²) in [6.45, 7) is 1.76. The number of aromatic hydroxyl groups is 2. The van der Waals surface area contributed by atoms with Crippen LogP contribution in [0.25, 0.3) is 16.3 Å². The summed E-state index contributed by atoms with van der Waals surface area (Å²) in [7, 11) is 1.52. The zero-order valence-electron chi connectivity index (χ0n) is 28.1. The molecule has 1 aromatic heterocycles. The van der Waals surface area contributed by atoms with E-state index in [1.165, 1.54) is 24.5 Å². The van der Waals surface area contributed by atoms with E-state index >= 15 is 0 Å². The zero-order chi connectivity index (χ0) is 35.6. The van der Waals surface area contributed by atoms with Gasteiger partial charge in [-0.15, -0.1) is 0 Å². The summed E-state index contributed by atoms with van der Waals surface area (Å²) in [5.74, 6) is -2.51. The number of carbonyl (C=O) groups is 4. The number of carbonyl (C=O) groups excluding carboxylic acids is 4. The maximum atomic E-state index is 13.6. The monoisotopic (exact) mass is 699 g/mol. The average molecular weight is 700 g/mol. The number of phenols is 2. The molecule has 0 radical (unpaired) electrons. The van der Waals surface area contributed by atoms with Crippen LogP contribution in [0.4, 0.5) is 5.13 Å². The summed E-state index contributed by atoms with van der Waals surface area (Å²) in [5.41, 5.74) is 1.47. The average Bonchev–Trinajstić information content (AvgIpc) is 3.49. The second kappa shape index (κ2) is 16.9. The van der Waals surface area contributed by atoms with E-state index in [9.17, 15) is 29.4 Å². The van der Waals surface area contributed by atoms with Crippen LogP contribution in [-0.2, 0) is 19.1 Å². The Balaban J connectivity index is 1.38. The molecule has 11 nitrogen and oxygen atoms in total. The van der Waals surface area contributed by atoms with E-state index in [-0.39, 0.29) is 53.5 Å². The van der Waals surface area contributed by atoms with Crippen molar-refractivity contribution in [3.05, 3.63) is 82.9 Å². The van der Waals surface area contributed by atoms with Gasteiger partial charge in [0.25, 0.3) is 0 Å². The molecule has 4 N–H and O–H groups in total. The van der Waals surface area contributed by atoms with Crippen LogP contribution in [0.3, 0.4) is 0 Å². The van der Waals surface area contributed by atoms with E-state index in [1.807, 2.05) is 24.3 Å². The SMILES string of the molecule is COc1ccc(C(CC(=O)NCCC(=O)Nc2nc3ccccc3s2)c2c(O)cc3c(c2O)C(=O)O[C@@H](C)CCCC(=O)CCCC=C3)cc1. The standard InChI is InChI=1S/C38H41N3O8S/c1-23-9-8-12-26(42)11-5-3-4-10-25-21-30(43)35(36(46)34(25)37(47)49-23)28(24-15-17-27(48-2)18-16-24)22-33(45)39-20-19-32(44)41-38-40-29-13-6-7-14-31(29)50-38/h4,6-7,10,13-18,21,23,28,43,46H,3,5,8-9,11-12,19-20,22H2,1-2H3,(H,39,45)(H,40,41,44)/t23-,28?/m0/s1. The first kappa shape index (κ1) is 36.1. The molecular weight excluding hydrogens is 658 g/mol. The number of anilines is 1. The molecule has 4 aromatic rings. The minimum atomic E-state index is -0.893. The van der Waals surface area contributed by atoms with E-state index in [0.29, 0.717) is 55.0 Å². The molecule has 0 bridgehead atoms. The van der Waals surface area contributed by atoms with Gasteiger partial charge in [-0.25, -0.2) is 9.78 Å². The third-order valence-corrected chi connectivity index (χ3v) is 9.47. The van der Waals surface area contributed by atoms with Crippen molar-refractivity contribution in [1.29, 1.82) is 0 Å². The number of ether oxygens (including phenoxy) is 2. The molecule has 50 heavy (non-hydrogen) atoms. The number of hydrogen-bond acceptors (Lipinski definition) is 10. The number of thiazole rings is 1. The van der Waals surface area contributed by atoms with Crippen molar-refractivity contribution in [1.82, 2.24) is 10.3 Å². The van der Waals surface area contributed by atoms with Crippen LogP contribution < -0.4 is 15.4 Å². The number of aromatic nitrogens is 1. The Labute approximate surface area is 294 Å². The van der Waals surface area contributed by atoms with E-state index in [4.69, 9.17) is 9.47 Å². The van der Waals surface area contributed by atoms with Gasteiger partial charge in [0.15, 0.2) is 5.13 Å². The molecule has 2 atom stereocenters. The number of para-hydroxylation sites is 1. The zero-order valence-corrected chi connectivity index (χ0v) is 28.9. The number of hydrogen-bond donors (Lipinski definition) is 4. The minimum Gasteiger partial charge on any atom is -0.507 e. The van der Waals surface area contributed by atoms with Gasteiger partial charge in [0.2, 0.25) is 11.8 Å². The van der Waals surface area contributed by atoms with Gasteiger partial charge < -0.3 is 30.3 Å². The predicted molar refractivity (Wildman–Crippen MR) is 192 cm³/mol. The number of rotatable bonds is 9. The number of ketones is 1. The highest BCUT2D eigenvalue weighted by atomic mass is 32.1. The number of nitrogens with zero attached hydrogens (tertiary/aromatic N) is 1. The lowest BCUT2D eigenvalue weighted by molar-refractivity contribution is -0.121. The van der Waals surface area contributed by atoms with Crippen LogP contribution in [0.5, 0.6) is 17.2 Å². The van der Waals surface area contributed by atoms with Gasteiger partial charge in [-0.2, -0.15) is 0 Å². The van der Waals surface area contributed by atoms with Crippen molar-refractivity contribution in [2.45, 2.75) is 70.3 Å². The number of nitrogens with one attached hydrogen (secondary N) is 2. The van der Waals surface area contributed by atoms with Crippen LogP contribution in [0, 0.1) is 0 Å². The van der Waals surface area contributed by atoms with Gasteiger partial charge in [-0.05, 0) is 74.1 Å². The highest BCUT2D eigenvalue weighted by molar-refractivity contribution is 7.22. The number of amides is 2. The second-order valence-electron chi connectivity index (χ2n) is 12.2. The first-order valence-electron chi connectivity index (χ1n) is 16.7. The summed E-state index contributed by atoms with van der Waals surface area (Å²) in [6.07, 6.45) is 5.75. The number of benzene rings is 3. The lowest BCUT2D eigenvalue weighted by atomic mass is 9.84. The number of cyclic esters (lactones) is 1. The molecule has 262 valence electrons. The van der Waals surface area contributed by atoms with Gasteiger partial charge in [0, 0.05) is 43.7 Å². The van der Waals surface area contributed by atoms with Crippen molar-refractivity contribution in [2.75, 3.05) is 19.0 Å². The number of methoxy groups -OCH3 is 1. The molecule has 3 aromatic carbocycles. The molecule has 0 saturated heterocycles. The molecule has 0 fully saturated rings. The van der Waals surface area contributed by atoms with Crippen molar-refractivity contribution < 1.29 is 38.9 Å². The van der Waals surface area contributed by atoms with Crippen molar-refractivity contribution in [3.63, 3.8) is 0 Å². The van der Waals surface area contributed by atoms with E-state index in [2.05, 4.69) is 15.6 Å². The molecule has 5 rings (SSSR count). The Morgan fingerprint density at radius 1 is 1.06 bits per heavy atom. The molecule has 2 amide bonds. The predicted octanol–water partition coefficient (Wildman–Crippen LogP) is 6.86. The minimum absolute atomic E-state index is 0.00523. The van der Waals surface area contributed by atoms with Crippen LogP contribution in [0.15, 0.2) is 60.7 Å². The molecular formula is C38H41N3O8S. The van der Waals surface area contributed by atoms with Crippen LogP contribution in [0.1, 0.15) is 91.3 Å². The largest absolute Gasteiger partial charge is 0.507 e. The second-order valence-corrected chi connectivity index (χ2v) is 13.3. The van der Waals surface area contributed by atoms with Crippen LogP contribution in [-0.4, -0.2) is 58.5 Å². The van der Waals surface area contributed by atoms with Crippen LogP contribution in [0.2, 0.25) is 0 Å². The molecule has 0 saturated carbocycles. The van der Waals surface area contributed by atoms with Crippen molar-refractivity contribution in [3.8, 4) is 17.2 Å². The van der Waals surface area contributed by atoms with E-state index in [1.54, 1.807) is 43.3 Å². The lowest BCUT2D eigenvalue weighted by Gasteiger charge is -2.23. The van der Waals surface area contributed by atoms with E-state index in [0.717, 1.165) is 10.2 Å². The smallest absolute Gasteiger partial charge is 0.342 e. The third kappa shape index (κ3) is 9.26. The van der Waals surface area contributed by atoms with Crippen LogP contribution >= 0.6 is 11.3 Å². The quantitative estimate of drug-likeness (QED) is 0.137. The highest BCUT2D eigenvalue weighted by Crippen LogP contribution is 2.44. The molecule has 1 unspecified atom stereocenters. The Morgan fingerprint density at radius 3 is 2.58 bits per heavy atom. The summed E-state index contributed by atoms with van der Waals surface area (Å²) >= 11 is 1.36. The number of Topliss-reactive ketones (excluding diaryl/α,β-unsaturated/α-hetero) is 1. The van der Waals surface area contributed by atoms with Crippen molar-refractivity contribution in [2.24, 2.45) is 0 Å². The van der Waals surface area contributed by atoms with Gasteiger partial charge in [-0.1, -0.05) is 47.8 Å². The lowest BCUT2D eigenvalue weighted by Crippen LogP contribution is -2.29. The fourth-order valence-electron chi connectivity index (χ4n) is 5.92. The normalized spacial score (nSPS) is 16.2. The first-order valence-corrected chi connectivity index (χ1v) is 17.5. The highest BCUT2D eigenvalue weighted by Gasteiger charge is 2.31. The maximum Gasteiger partial charge on any atom is 0.342 e. The number of phenolic OH excluding ortho intramolecular Hbond substituents is 2. The maximum absolute atomic E-state index is 13.6. The van der Waals surface area contributed by atoms with Gasteiger partial charge in [0.05, 0.1) is 23.4 Å². The number of esters is 1. The Morgan fingerprint density at radius 2 is 1.82 bits per heavy atom. The topological polar surface area (TPSA) is 164 Å². The molecule has 1 aliphatic rings. The molecule has 12 heteroatoms. The Hall–Kier alpha value is -5.23. The summed E-state index contributed by atoms with van der Waals surface area (Å²) < 4.78 is 11.9. The molecule has 1 aliphatic heterocycles. The van der Waals surface area contributed by atoms with Crippen molar-refractivity contribution >= 4 is 56.3 Å².